The molecule has 7 heteroatoms. The number of carbonyl (C=O) groups is 1. The number of ketones is 1. The fourth-order valence-electron chi connectivity index (χ4n) is 1.79. The Bertz CT molecular complexity index is 488. The van der Waals surface area contributed by atoms with Gasteiger partial charge in [-0.05, 0) is 19.2 Å². The van der Waals surface area contributed by atoms with Gasteiger partial charge in [0.15, 0.2) is 5.78 Å². The number of alkyl halides is 3. The van der Waals surface area contributed by atoms with Crippen molar-refractivity contribution < 1.29 is 27.1 Å². The number of carbonyl (C=O) groups excluding carboxylic acids is 1. The van der Waals surface area contributed by atoms with E-state index >= 15 is 0 Å². The first-order valence-corrected chi connectivity index (χ1v) is 6.35. The molecule has 0 aliphatic carbocycles. The van der Waals surface area contributed by atoms with E-state index < -0.39 is 24.2 Å². The molecule has 0 bridgehead atoms. The molecule has 0 spiro atoms. The van der Waals surface area contributed by atoms with Gasteiger partial charge in [-0.15, -0.1) is 0 Å². The Morgan fingerprint density at radius 3 is 2.52 bits per heavy atom. The number of rotatable bonds is 7. The van der Waals surface area contributed by atoms with Gasteiger partial charge in [0, 0.05) is 19.5 Å². The van der Waals surface area contributed by atoms with Crippen LogP contribution >= 0.6 is 0 Å². The number of hydrogen-bond acceptors (Lipinski definition) is 3. The molecule has 0 N–H and O–H groups in total. The Labute approximate surface area is 120 Å². The van der Waals surface area contributed by atoms with Crippen molar-refractivity contribution in [1.82, 2.24) is 4.90 Å². The molecule has 0 amide bonds. The number of nitrogens with zero attached hydrogens (tertiary/aromatic N) is 1. The lowest BCUT2D eigenvalue weighted by Crippen LogP contribution is -2.27. The van der Waals surface area contributed by atoms with E-state index in [0.29, 0.717) is 0 Å². The van der Waals surface area contributed by atoms with Crippen molar-refractivity contribution >= 4 is 5.78 Å². The van der Waals surface area contributed by atoms with Gasteiger partial charge in [-0.2, -0.15) is 13.2 Å². The molecule has 3 nitrogen and oxygen atoms in total. The predicted molar refractivity (Wildman–Crippen MR) is 70.1 cm³/mol. The van der Waals surface area contributed by atoms with Gasteiger partial charge in [-0.3, -0.25) is 4.79 Å². The Kier molecular flexibility index (Phi) is 6.14. The molecule has 1 rings (SSSR count). The van der Waals surface area contributed by atoms with Crippen molar-refractivity contribution in [3.63, 3.8) is 0 Å². The van der Waals surface area contributed by atoms with Gasteiger partial charge in [-0.1, -0.05) is 6.07 Å². The number of Topliss-reactive ketones (excluding diaryl/α,β-unsaturated/α-hetero) is 1. The molecule has 0 saturated carbocycles. The largest absolute Gasteiger partial charge is 0.496 e. The van der Waals surface area contributed by atoms with Crippen molar-refractivity contribution in [1.29, 1.82) is 0 Å². The third kappa shape index (κ3) is 5.71. The maximum atomic E-state index is 13.7. The van der Waals surface area contributed by atoms with Crippen LogP contribution in [0.25, 0.3) is 0 Å². The van der Waals surface area contributed by atoms with Crippen LogP contribution in [-0.4, -0.2) is 44.1 Å². The summed E-state index contributed by atoms with van der Waals surface area (Å²) in [7, 11) is 2.80. The van der Waals surface area contributed by atoms with Gasteiger partial charge in [0.2, 0.25) is 0 Å². The molecule has 0 aliphatic heterocycles. The molecular formula is C14H17F4NO2. The van der Waals surface area contributed by atoms with E-state index in [1.807, 2.05) is 0 Å². The first-order chi connectivity index (χ1) is 9.74. The van der Waals surface area contributed by atoms with Crippen LogP contribution in [0.15, 0.2) is 18.2 Å². The van der Waals surface area contributed by atoms with Crippen LogP contribution in [0.4, 0.5) is 17.6 Å². The maximum Gasteiger partial charge on any atom is 0.390 e. The maximum absolute atomic E-state index is 13.7. The fourth-order valence-corrected chi connectivity index (χ4v) is 1.79. The van der Waals surface area contributed by atoms with Crippen LogP contribution < -0.4 is 4.74 Å². The molecule has 1 aromatic carbocycles. The van der Waals surface area contributed by atoms with E-state index in [-0.39, 0.29) is 30.8 Å². The van der Waals surface area contributed by atoms with E-state index in [4.69, 9.17) is 4.74 Å². The molecule has 0 atom stereocenters. The molecule has 0 radical (unpaired) electrons. The molecule has 118 valence electrons. The highest BCUT2D eigenvalue weighted by Crippen LogP contribution is 2.23. The van der Waals surface area contributed by atoms with Gasteiger partial charge in [-0.25, -0.2) is 4.39 Å². The van der Waals surface area contributed by atoms with Crippen LogP contribution in [0.3, 0.4) is 0 Å². The Morgan fingerprint density at radius 2 is 1.95 bits per heavy atom. The second kappa shape index (κ2) is 7.40. The minimum Gasteiger partial charge on any atom is -0.496 e. The zero-order valence-corrected chi connectivity index (χ0v) is 11.8. The predicted octanol–water partition coefficient (Wildman–Crippen LogP) is 3.29. The van der Waals surface area contributed by atoms with E-state index in [1.165, 1.54) is 31.2 Å². The first-order valence-electron chi connectivity index (χ1n) is 6.35. The summed E-state index contributed by atoms with van der Waals surface area (Å²) >= 11 is 0. The average molecular weight is 307 g/mol. The summed E-state index contributed by atoms with van der Waals surface area (Å²) < 4.78 is 54.8. The summed E-state index contributed by atoms with van der Waals surface area (Å²) in [5, 5.41) is 0. The van der Waals surface area contributed by atoms with Crippen LogP contribution in [0.1, 0.15) is 23.2 Å². The Morgan fingerprint density at radius 1 is 1.29 bits per heavy atom. The van der Waals surface area contributed by atoms with E-state index in [0.717, 1.165) is 6.07 Å². The number of ether oxygens (including phenoxy) is 1. The van der Waals surface area contributed by atoms with Gasteiger partial charge >= 0.3 is 6.18 Å². The van der Waals surface area contributed by atoms with E-state index in [1.54, 1.807) is 0 Å². The number of methoxy groups -OCH3 is 1. The standard InChI is InChI=1S/C14H17F4NO2/c1-19(9-7-14(16,17)18)8-6-11(20)13-10(15)4-3-5-12(13)21-2/h3-5H,6-9H2,1-2H3. The van der Waals surface area contributed by atoms with Crippen LogP contribution in [0.5, 0.6) is 5.75 Å². The number of hydrogen-bond donors (Lipinski definition) is 0. The van der Waals surface area contributed by atoms with Gasteiger partial charge in [0.25, 0.3) is 0 Å². The Balaban J connectivity index is 2.58. The normalized spacial score (nSPS) is 11.8. The molecule has 21 heavy (non-hydrogen) atoms. The van der Waals surface area contributed by atoms with Crippen LogP contribution in [-0.2, 0) is 0 Å². The fraction of sp³-hybridized carbons (Fsp3) is 0.500. The topological polar surface area (TPSA) is 29.5 Å². The third-order valence-corrected chi connectivity index (χ3v) is 2.97. The average Bonchev–Trinajstić information content (AvgIpc) is 2.41. The van der Waals surface area contributed by atoms with Gasteiger partial charge < -0.3 is 9.64 Å². The molecule has 0 fully saturated rings. The SMILES string of the molecule is COc1cccc(F)c1C(=O)CCN(C)CCC(F)(F)F. The van der Waals surface area contributed by atoms with E-state index in [9.17, 15) is 22.4 Å². The second-order valence-corrected chi connectivity index (χ2v) is 4.66. The lowest BCUT2D eigenvalue weighted by Gasteiger charge is -2.17. The number of benzene rings is 1. The lowest BCUT2D eigenvalue weighted by molar-refractivity contribution is -0.137. The second-order valence-electron chi connectivity index (χ2n) is 4.66. The third-order valence-electron chi connectivity index (χ3n) is 2.97. The molecule has 0 saturated heterocycles. The van der Waals surface area contributed by atoms with Crippen molar-refractivity contribution in [3.05, 3.63) is 29.6 Å². The molecule has 0 aliphatic rings. The molecule has 1 aromatic rings. The smallest absolute Gasteiger partial charge is 0.390 e. The molecule has 0 unspecified atom stereocenters. The minimum atomic E-state index is -4.23. The van der Waals surface area contributed by atoms with Crippen LogP contribution in [0, 0.1) is 5.82 Å². The van der Waals surface area contributed by atoms with Gasteiger partial charge in [0.1, 0.15) is 11.6 Å². The zero-order chi connectivity index (χ0) is 16.0. The summed E-state index contributed by atoms with van der Waals surface area (Å²) in [6, 6.07) is 4.02. The summed E-state index contributed by atoms with van der Waals surface area (Å²) in [6.45, 7) is -0.0857. The highest BCUT2D eigenvalue weighted by molar-refractivity contribution is 5.99. The zero-order valence-electron chi connectivity index (χ0n) is 11.8. The number of halogens is 4. The summed E-state index contributed by atoms with van der Waals surface area (Å²) in [6.07, 6.45) is -5.25. The first kappa shape index (κ1) is 17.4. The van der Waals surface area contributed by atoms with Crippen LogP contribution in [0.2, 0.25) is 0 Å². The summed E-state index contributed by atoms with van der Waals surface area (Å²) in [5.74, 6) is -1.07. The highest BCUT2D eigenvalue weighted by Gasteiger charge is 2.27. The van der Waals surface area contributed by atoms with Crippen molar-refractivity contribution in [2.24, 2.45) is 0 Å². The lowest BCUT2D eigenvalue weighted by atomic mass is 10.1. The molecule has 0 aromatic heterocycles. The molecular weight excluding hydrogens is 290 g/mol. The van der Waals surface area contributed by atoms with Gasteiger partial charge in [0.05, 0.1) is 19.1 Å². The summed E-state index contributed by atoms with van der Waals surface area (Å²) in [5.41, 5.74) is -0.163. The minimum absolute atomic E-state index is 0.0777. The van der Waals surface area contributed by atoms with E-state index in [2.05, 4.69) is 0 Å². The monoisotopic (exact) mass is 307 g/mol. The highest BCUT2D eigenvalue weighted by atomic mass is 19.4. The summed E-state index contributed by atoms with van der Waals surface area (Å²) in [4.78, 5) is 13.4. The van der Waals surface area contributed by atoms with Crippen molar-refractivity contribution in [2.45, 2.75) is 19.0 Å². The van der Waals surface area contributed by atoms with Crippen molar-refractivity contribution in [3.8, 4) is 5.75 Å². The Hall–Kier alpha value is -1.63. The van der Waals surface area contributed by atoms with Crippen molar-refractivity contribution in [2.75, 3.05) is 27.2 Å². The molecule has 0 heterocycles. The quantitative estimate of drug-likeness (QED) is 0.572.